The quantitative estimate of drug-likeness (QED) is 0.824. The minimum atomic E-state index is -1.02. The molecule has 1 amide bonds. The van der Waals surface area contributed by atoms with Crippen LogP contribution in [0, 0.1) is 13.8 Å². The molecule has 0 aliphatic carbocycles. The number of carbonyl (C=O) groups excluding carboxylic acids is 2. The largest absolute Gasteiger partial charge is 0.507 e. The number of benzene rings is 2. The number of para-hydroxylation sites is 1. The highest BCUT2D eigenvalue weighted by Gasteiger charge is 2.22. The molecule has 0 aliphatic rings. The third-order valence-corrected chi connectivity index (χ3v) is 3.80. The summed E-state index contributed by atoms with van der Waals surface area (Å²) in [5, 5.41) is 12.8. The molecule has 0 bridgehead atoms. The number of aryl methyl sites for hydroxylation is 2. The maximum absolute atomic E-state index is 12.3. The van der Waals surface area contributed by atoms with Gasteiger partial charge in [0.1, 0.15) is 11.3 Å². The molecule has 0 radical (unpaired) electrons. The Morgan fingerprint density at radius 1 is 1.17 bits per heavy atom. The van der Waals surface area contributed by atoms with Gasteiger partial charge in [0.05, 0.1) is 0 Å². The molecule has 2 aromatic rings. The number of esters is 1. The van der Waals surface area contributed by atoms with E-state index in [9.17, 15) is 14.7 Å². The number of amides is 1. The van der Waals surface area contributed by atoms with E-state index >= 15 is 0 Å². The molecule has 0 spiro atoms. The summed E-state index contributed by atoms with van der Waals surface area (Å²) in [5.41, 5.74) is 2.47. The number of hydrogen-bond acceptors (Lipinski definition) is 4. The van der Waals surface area contributed by atoms with Gasteiger partial charge in [0.2, 0.25) is 0 Å². The summed E-state index contributed by atoms with van der Waals surface area (Å²) in [5.74, 6) is -1.54. The van der Waals surface area contributed by atoms with Crippen molar-refractivity contribution in [2.24, 2.45) is 0 Å². The van der Waals surface area contributed by atoms with E-state index < -0.39 is 18.0 Å². The summed E-state index contributed by atoms with van der Waals surface area (Å²) in [6.07, 6.45) is -1.02. The Hall–Kier alpha value is -2.53. The number of anilines is 1. The van der Waals surface area contributed by atoms with Crippen LogP contribution in [0.2, 0.25) is 5.02 Å². The molecule has 2 rings (SSSR count). The van der Waals surface area contributed by atoms with Crippen LogP contribution in [0.5, 0.6) is 5.75 Å². The van der Waals surface area contributed by atoms with E-state index in [1.165, 1.54) is 25.1 Å². The number of aromatic hydroxyl groups is 1. The van der Waals surface area contributed by atoms with Gasteiger partial charge in [-0.3, -0.25) is 4.79 Å². The minimum absolute atomic E-state index is 0.0499. The van der Waals surface area contributed by atoms with Crippen molar-refractivity contribution in [1.29, 1.82) is 0 Å². The van der Waals surface area contributed by atoms with Crippen molar-refractivity contribution in [3.05, 3.63) is 58.1 Å². The smallest absolute Gasteiger partial charge is 0.342 e. The molecule has 1 atom stereocenters. The van der Waals surface area contributed by atoms with Gasteiger partial charge in [0, 0.05) is 10.7 Å². The summed E-state index contributed by atoms with van der Waals surface area (Å²) in [6, 6.07) is 9.69. The van der Waals surface area contributed by atoms with E-state index in [0.717, 1.165) is 11.1 Å². The first-order valence-electron chi connectivity index (χ1n) is 7.36. The van der Waals surface area contributed by atoms with Crippen molar-refractivity contribution >= 4 is 29.2 Å². The number of nitrogens with one attached hydrogen (secondary N) is 1. The van der Waals surface area contributed by atoms with E-state index in [1.54, 1.807) is 0 Å². The molecule has 2 N–H and O–H groups in total. The highest BCUT2D eigenvalue weighted by molar-refractivity contribution is 6.30. The average Bonchev–Trinajstić information content (AvgIpc) is 2.50. The van der Waals surface area contributed by atoms with Gasteiger partial charge >= 0.3 is 5.97 Å². The molecule has 24 heavy (non-hydrogen) atoms. The van der Waals surface area contributed by atoms with Crippen LogP contribution in [0.25, 0.3) is 0 Å². The van der Waals surface area contributed by atoms with E-state index in [2.05, 4.69) is 5.32 Å². The van der Waals surface area contributed by atoms with Crippen molar-refractivity contribution in [1.82, 2.24) is 0 Å². The Morgan fingerprint density at radius 2 is 1.79 bits per heavy atom. The Bertz CT molecular complexity index is 768. The second kappa shape index (κ2) is 7.36. The molecule has 0 aromatic heterocycles. The number of phenols is 1. The van der Waals surface area contributed by atoms with Gasteiger partial charge < -0.3 is 15.2 Å². The Morgan fingerprint density at radius 3 is 2.38 bits per heavy atom. The molecule has 5 nitrogen and oxygen atoms in total. The molecule has 2 aromatic carbocycles. The first kappa shape index (κ1) is 17.8. The lowest BCUT2D eigenvalue weighted by atomic mass is 10.1. The number of phenolic OH excluding ortho intramolecular Hbond substituents is 1. The Balaban J connectivity index is 2.07. The first-order chi connectivity index (χ1) is 11.3. The molecule has 0 saturated heterocycles. The molecule has 0 unspecified atom stereocenters. The third-order valence-electron chi connectivity index (χ3n) is 3.56. The van der Waals surface area contributed by atoms with Crippen molar-refractivity contribution in [3.8, 4) is 5.75 Å². The SMILES string of the molecule is Cc1cccc(C)c1NC(=O)[C@H](C)OC(=O)c1ccc(Cl)cc1O. The monoisotopic (exact) mass is 347 g/mol. The predicted octanol–water partition coefficient (Wildman–Crippen LogP) is 3.85. The molecule has 126 valence electrons. The van der Waals surface area contributed by atoms with Gasteiger partial charge in [0.25, 0.3) is 5.91 Å². The zero-order valence-corrected chi connectivity index (χ0v) is 14.3. The second-order valence-electron chi connectivity index (χ2n) is 5.47. The van der Waals surface area contributed by atoms with Crippen molar-refractivity contribution in [2.45, 2.75) is 26.9 Å². The maximum Gasteiger partial charge on any atom is 0.342 e. The number of carbonyl (C=O) groups is 2. The topological polar surface area (TPSA) is 75.6 Å². The maximum atomic E-state index is 12.3. The summed E-state index contributed by atoms with van der Waals surface area (Å²) in [4.78, 5) is 24.3. The van der Waals surface area contributed by atoms with Crippen LogP contribution >= 0.6 is 11.6 Å². The van der Waals surface area contributed by atoms with Gasteiger partial charge in [-0.1, -0.05) is 29.8 Å². The van der Waals surface area contributed by atoms with Crippen LogP contribution in [0.4, 0.5) is 5.69 Å². The zero-order chi connectivity index (χ0) is 17.9. The highest BCUT2D eigenvalue weighted by Crippen LogP contribution is 2.23. The van der Waals surface area contributed by atoms with Crippen molar-refractivity contribution in [3.63, 3.8) is 0 Å². The second-order valence-corrected chi connectivity index (χ2v) is 5.90. The first-order valence-corrected chi connectivity index (χ1v) is 7.74. The fourth-order valence-corrected chi connectivity index (χ4v) is 2.36. The van der Waals surface area contributed by atoms with Crippen LogP contribution in [-0.2, 0) is 9.53 Å². The zero-order valence-electron chi connectivity index (χ0n) is 13.6. The van der Waals surface area contributed by atoms with Gasteiger partial charge in [-0.2, -0.15) is 0 Å². The lowest BCUT2D eigenvalue weighted by Crippen LogP contribution is -2.30. The van der Waals surface area contributed by atoms with Gasteiger partial charge in [-0.05, 0) is 50.1 Å². The third kappa shape index (κ3) is 4.06. The van der Waals surface area contributed by atoms with Gasteiger partial charge in [0.15, 0.2) is 6.10 Å². The van der Waals surface area contributed by atoms with Crippen LogP contribution in [-0.4, -0.2) is 23.1 Å². The number of rotatable bonds is 4. The molecular formula is C18H18ClNO4. The fraction of sp³-hybridized carbons (Fsp3) is 0.222. The summed E-state index contributed by atoms with van der Waals surface area (Å²) in [7, 11) is 0. The highest BCUT2D eigenvalue weighted by atomic mass is 35.5. The van der Waals surface area contributed by atoms with Crippen molar-refractivity contribution < 1.29 is 19.4 Å². The summed E-state index contributed by atoms with van der Waals surface area (Å²) >= 11 is 5.72. The standard InChI is InChI=1S/C18H18ClNO4/c1-10-5-4-6-11(2)16(10)20-17(22)12(3)24-18(23)14-8-7-13(19)9-15(14)21/h4-9,12,21H,1-3H3,(H,20,22)/t12-/m0/s1. The van der Waals surface area contributed by atoms with Crippen LogP contribution in [0.1, 0.15) is 28.4 Å². The van der Waals surface area contributed by atoms with Crippen LogP contribution in [0.15, 0.2) is 36.4 Å². The molecule has 0 heterocycles. The van der Waals surface area contributed by atoms with E-state index in [-0.39, 0.29) is 11.3 Å². The fourth-order valence-electron chi connectivity index (χ4n) is 2.19. The van der Waals surface area contributed by atoms with E-state index in [1.807, 2.05) is 32.0 Å². The van der Waals surface area contributed by atoms with E-state index in [0.29, 0.717) is 10.7 Å². The Kier molecular flexibility index (Phi) is 5.46. The molecule has 0 fully saturated rings. The minimum Gasteiger partial charge on any atom is -0.507 e. The summed E-state index contributed by atoms with van der Waals surface area (Å²) in [6.45, 7) is 5.23. The van der Waals surface area contributed by atoms with E-state index in [4.69, 9.17) is 16.3 Å². The molecule has 0 aliphatic heterocycles. The molecule has 6 heteroatoms. The predicted molar refractivity (Wildman–Crippen MR) is 92.5 cm³/mol. The van der Waals surface area contributed by atoms with Crippen molar-refractivity contribution in [2.75, 3.05) is 5.32 Å². The summed E-state index contributed by atoms with van der Waals surface area (Å²) < 4.78 is 5.12. The van der Waals surface area contributed by atoms with Gasteiger partial charge in [-0.25, -0.2) is 4.79 Å². The number of halogens is 1. The number of ether oxygens (including phenoxy) is 1. The lowest BCUT2D eigenvalue weighted by Gasteiger charge is -2.16. The lowest BCUT2D eigenvalue weighted by molar-refractivity contribution is -0.123. The van der Waals surface area contributed by atoms with Gasteiger partial charge in [-0.15, -0.1) is 0 Å². The normalized spacial score (nSPS) is 11.7. The van der Waals surface area contributed by atoms with Crippen LogP contribution in [0.3, 0.4) is 0 Å². The Labute approximate surface area is 145 Å². The van der Waals surface area contributed by atoms with Crippen LogP contribution < -0.4 is 5.32 Å². The number of hydrogen-bond donors (Lipinski definition) is 2. The molecule has 0 saturated carbocycles. The molecular weight excluding hydrogens is 330 g/mol. The average molecular weight is 348 g/mol.